The zero-order valence-corrected chi connectivity index (χ0v) is 9.96. The first-order valence-electron chi connectivity index (χ1n) is 5.24. The van der Waals surface area contributed by atoms with E-state index in [0.717, 1.165) is 25.8 Å². The fourth-order valence-electron chi connectivity index (χ4n) is 1.46. The van der Waals surface area contributed by atoms with Gasteiger partial charge in [-0.15, -0.1) is 0 Å². The van der Waals surface area contributed by atoms with Gasteiger partial charge >= 0.3 is 0 Å². The third-order valence-electron chi connectivity index (χ3n) is 2.36. The molecule has 0 heterocycles. The van der Waals surface area contributed by atoms with Crippen LogP contribution >= 0.6 is 12.2 Å². The van der Waals surface area contributed by atoms with Gasteiger partial charge < -0.3 is 10.6 Å². The van der Waals surface area contributed by atoms with Crippen molar-refractivity contribution in [2.24, 2.45) is 5.73 Å². The van der Waals surface area contributed by atoms with Gasteiger partial charge in [0.2, 0.25) is 0 Å². The fraction of sp³-hybridized carbons (Fsp3) is 0.417. The minimum Gasteiger partial charge on any atom is -0.393 e. The van der Waals surface area contributed by atoms with Crippen LogP contribution in [0.1, 0.15) is 19.3 Å². The Kier molecular flexibility index (Phi) is 5.12. The molecule has 0 aliphatic carbocycles. The van der Waals surface area contributed by atoms with E-state index in [1.54, 1.807) is 0 Å². The Hall–Kier alpha value is -1.09. The summed E-state index contributed by atoms with van der Waals surface area (Å²) in [7, 11) is 2.11. The highest BCUT2D eigenvalue weighted by Gasteiger charge is 1.99. The Morgan fingerprint density at radius 1 is 1.27 bits per heavy atom. The first-order chi connectivity index (χ1) is 7.20. The lowest BCUT2D eigenvalue weighted by Crippen LogP contribution is -2.18. The summed E-state index contributed by atoms with van der Waals surface area (Å²) in [6.45, 7) is 1.05. The third kappa shape index (κ3) is 4.79. The van der Waals surface area contributed by atoms with Gasteiger partial charge in [-0.25, -0.2) is 0 Å². The molecule has 3 heteroatoms. The molecule has 0 atom stereocenters. The topological polar surface area (TPSA) is 29.3 Å². The van der Waals surface area contributed by atoms with Gasteiger partial charge in [-0.2, -0.15) is 0 Å². The van der Waals surface area contributed by atoms with Crippen LogP contribution in [0, 0.1) is 0 Å². The summed E-state index contributed by atoms with van der Waals surface area (Å²) in [5.74, 6) is 0. The van der Waals surface area contributed by atoms with E-state index in [1.165, 1.54) is 5.69 Å². The molecule has 0 saturated carbocycles. The maximum absolute atomic E-state index is 5.44. The Balaban J connectivity index is 2.25. The molecule has 1 aromatic carbocycles. The molecule has 2 nitrogen and oxygen atoms in total. The predicted molar refractivity (Wildman–Crippen MR) is 70.3 cm³/mol. The van der Waals surface area contributed by atoms with E-state index in [1.807, 2.05) is 6.07 Å². The summed E-state index contributed by atoms with van der Waals surface area (Å²) in [4.78, 5) is 2.87. The van der Waals surface area contributed by atoms with Gasteiger partial charge in [-0.05, 0) is 31.4 Å². The lowest BCUT2D eigenvalue weighted by molar-refractivity contribution is 0.742. The van der Waals surface area contributed by atoms with Crippen molar-refractivity contribution >= 4 is 22.9 Å². The minimum absolute atomic E-state index is 0.623. The van der Waals surface area contributed by atoms with Gasteiger partial charge in [0.1, 0.15) is 0 Å². The SMILES string of the molecule is CN(CCCCC(N)=S)c1ccccc1. The minimum atomic E-state index is 0.623. The number of para-hydroxylation sites is 1. The molecule has 0 radical (unpaired) electrons. The number of nitrogens with two attached hydrogens (primary N) is 1. The smallest absolute Gasteiger partial charge is 0.0727 e. The van der Waals surface area contributed by atoms with Crippen molar-refractivity contribution < 1.29 is 0 Å². The number of thiocarbonyl (C=S) groups is 1. The zero-order chi connectivity index (χ0) is 11.1. The molecule has 15 heavy (non-hydrogen) atoms. The average Bonchev–Trinajstić information content (AvgIpc) is 2.25. The molecule has 0 fully saturated rings. The number of hydrogen-bond donors (Lipinski definition) is 1. The monoisotopic (exact) mass is 222 g/mol. The van der Waals surface area contributed by atoms with Crippen molar-refractivity contribution in [2.75, 3.05) is 18.5 Å². The Labute approximate surface area is 97.1 Å². The highest BCUT2D eigenvalue weighted by atomic mass is 32.1. The molecule has 0 aliphatic heterocycles. The maximum Gasteiger partial charge on any atom is 0.0727 e. The first kappa shape index (κ1) is 12.0. The van der Waals surface area contributed by atoms with Crippen LogP contribution in [0.2, 0.25) is 0 Å². The highest BCUT2D eigenvalue weighted by Crippen LogP contribution is 2.11. The molecular formula is C12H18N2S. The van der Waals surface area contributed by atoms with Crippen LogP contribution in [0.15, 0.2) is 30.3 Å². The fourth-order valence-corrected chi connectivity index (χ4v) is 1.60. The van der Waals surface area contributed by atoms with Gasteiger partial charge in [0, 0.05) is 19.3 Å². The van der Waals surface area contributed by atoms with Crippen molar-refractivity contribution in [3.8, 4) is 0 Å². The molecule has 0 saturated heterocycles. The van der Waals surface area contributed by atoms with E-state index in [0.29, 0.717) is 4.99 Å². The number of unbranched alkanes of at least 4 members (excludes halogenated alkanes) is 1. The summed E-state index contributed by atoms with van der Waals surface area (Å²) < 4.78 is 0. The molecule has 82 valence electrons. The van der Waals surface area contributed by atoms with E-state index in [2.05, 4.69) is 36.2 Å². The molecular weight excluding hydrogens is 204 g/mol. The molecule has 0 aromatic heterocycles. The Morgan fingerprint density at radius 3 is 2.53 bits per heavy atom. The molecule has 1 rings (SSSR count). The van der Waals surface area contributed by atoms with Gasteiger partial charge in [0.05, 0.1) is 4.99 Å². The van der Waals surface area contributed by atoms with E-state index in [4.69, 9.17) is 18.0 Å². The van der Waals surface area contributed by atoms with Crippen molar-refractivity contribution in [2.45, 2.75) is 19.3 Å². The number of nitrogens with zero attached hydrogens (tertiary/aromatic N) is 1. The predicted octanol–water partition coefficient (Wildman–Crippen LogP) is 2.58. The van der Waals surface area contributed by atoms with Gasteiger partial charge in [0.15, 0.2) is 0 Å². The van der Waals surface area contributed by atoms with Crippen LogP contribution in [0.25, 0.3) is 0 Å². The van der Waals surface area contributed by atoms with Crippen molar-refractivity contribution in [3.63, 3.8) is 0 Å². The van der Waals surface area contributed by atoms with E-state index in [9.17, 15) is 0 Å². The number of rotatable bonds is 6. The van der Waals surface area contributed by atoms with E-state index in [-0.39, 0.29) is 0 Å². The second-order valence-corrected chi connectivity index (χ2v) is 4.20. The van der Waals surface area contributed by atoms with Crippen LogP contribution < -0.4 is 10.6 Å². The third-order valence-corrected chi connectivity index (χ3v) is 2.57. The van der Waals surface area contributed by atoms with Crippen LogP contribution in [-0.4, -0.2) is 18.6 Å². The normalized spacial score (nSPS) is 9.93. The van der Waals surface area contributed by atoms with Crippen molar-refractivity contribution in [3.05, 3.63) is 30.3 Å². The summed E-state index contributed by atoms with van der Waals surface area (Å²) in [6, 6.07) is 10.4. The van der Waals surface area contributed by atoms with E-state index < -0.39 is 0 Å². The standard InChI is InChI=1S/C12H18N2S/c1-14(10-6-5-9-12(13)15)11-7-3-2-4-8-11/h2-4,7-8H,5-6,9-10H2,1H3,(H2,13,15). The van der Waals surface area contributed by atoms with Crippen LogP contribution in [0.4, 0.5) is 5.69 Å². The Bertz CT molecular complexity index is 298. The van der Waals surface area contributed by atoms with Crippen LogP contribution in [0.5, 0.6) is 0 Å². The summed E-state index contributed by atoms with van der Waals surface area (Å²) in [5.41, 5.74) is 6.70. The summed E-state index contributed by atoms with van der Waals surface area (Å²) >= 11 is 4.83. The molecule has 0 bridgehead atoms. The lowest BCUT2D eigenvalue weighted by Gasteiger charge is -2.18. The average molecular weight is 222 g/mol. The second kappa shape index (κ2) is 6.40. The highest BCUT2D eigenvalue weighted by molar-refractivity contribution is 7.80. The molecule has 1 aromatic rings. The van der Waals surface area contributed by atoms with Crippen LogP contribution in [0.3, 0.4) is 0 Å². The Morgan fingerprint density at radius 2 is 1.93 bits per heavy atom. The van der Waals surface area contributed by atoms with Crippen molar-refractivity contribution in [1.29, 1.82) is 0 Å². The lowest BCUT2D eigenvalue weighted by atomic mass is 10.2. The largest absolute Gasteiger partial charge is 0.393 e. The molecule has 0 aliphatic rings. The zero-order valence-electron chi connectivity index (χ0n) is 9.15. The first-order valence-corrected chi connectivity index (χ1v) is 5.65. The van der Waals surface area contributed by atoms with Crippen LogP contribution in [-0.2, 0) is 0 Å². The molecule has 0 amide bonds. The number of anilines is 1. The molecule has 0 unspecified atom stereocenters. The summed E-state index contributed by atoms with van der Waals surface area (Å²) in [6.07, 6.45) is 3.06. The van der Waals surface area contributed by atoms with E-state index >= 15 is 0 Å². The second-order valence-electron chi connectivity index (χ2n) is 3.68. The number of benzene rings is 1. The molecule has 2 N–H and O–H groups in total. The molecule has 0 spiro atoms. The van der Waals surface area contributed by atoms with Gasteiger partial charge in [-0.1, -0.05) is 30.4 Å². The van der Waals surface area contributed by atoms with Gasteiger partial charge in [-0.3, -0.25) is 0 Å². The summed E-state index contributed by atoms with van der Waals surface area (Å²) in [5, 5.41) is 0. The van der Waals surface area contributed by atoms with Crippen molar-refractivity contribution in [1.82, 2.24) is 0 Å². The maximum atomic E-state index is 5.44. The van der Waals surface area contributed by atoms with Gasteiger partial charge in [0.25, 0.3) is 0 Å². The number of hydrogen-bond acceptors (Lipinski definition) is 2. The quantitative estimate of drug-likeness (QED) is 0.592.